The Morgan fingerprint density at radius 2 is 1.93 bits per heavy atom. The van der Waals surface area contributed by atoms with Crippen LogP contribution in [0.4, 0.5) is 11.4 Å². The number of anilines is 2. The molecule has 2 aromatic carbocycles. The van der Waals surface area contributed by atoms with Gasteiger partial charge in [-0.05, 0) is 43.2 Å². The minimum Gasteiger partial charge on any atom is -0.322 e. The van der Waals surface area contributed by atoms with Crippen molar-refractivity contribution < 1.29 is 18.0 Å². The Balaban J connectivity index is 1.86. The fourth-order valence-corrected chi connectivity index (χ4v) is 4.71. The van der Waals surface area contributed by atoms with Crippen LogP contribution in [0.3, 0.4) is 0 Å². The van der Waals surface area contributed by atoms with Gasteiger partial charge in [0, 0.05) is 24.3 Å². The molecular weight excluding hydrogens is 364 g/mol. The molecule has 27 heavy (non-hydrogen) atoms. The Kier molecular flexibility index (Phi) is 5.60. The summed E-state index contributed by atoms with van der Waals surface area (Å²) in [5.74, 6) is -0.436. The molecular formula is C20H22N2O4S. The zero-order valence-electron chi connectivity index (χ0n) is 15.1. The molecule has 1 fully saturated rings. The summed E-state index contributed by atoms with van der Waals surface area (Å²) in [5, 5.41) is 2.75. The third-order valence-electron chi connectivity index (χ3n) is 4.43. The van der Waals surface area contributed by atoms with Gasteiger partial charge < -0.3 is 10.2 Å². The molecule has 0 aromatic heterocycles. The van der Waals surface area contributed by atoms with E-state index in [4.69, 9.17) is 0 Å². The number of carbonyl (C=O) groups excluding carboxylic acids is 2. The van der Waals surface area contributed by atoms with Gasteiger partial charge in [0.2, 0.25) is 5.91 Å². The second-order valence-corrected chi connectivity index (χ2v) is 8.55. The molecule has 1 saturated heterocycles. The second-order valence-electron chi connectivity index (χ2n) is 6.47. The number of hydrogen-bond donors (Lipinski definition) is 1. The van der Waals surface area contributed by atoms with Crippen LogP contribution in [-0.2, 0) is 14.6 Å². The monoisotopic (exact) mass is 386 g/mol. The average molecular weight is 386 g/mol. The lowest BCUT2D eigenvalue weighted by molar-refractivity contribution is -0.117. The minimum atomic E-state index is -3.52. The van der Waals surface area contributed by atoms with Crippen molar-refractivity contribution in [2.75, 3.05) is 22.5 Å². The largest absolute Gasteiger partial charge is 0.322 e. The van der Waals surface area contributed by atoms with E-state index in [2.05, 4.69) is 5.32 Å². The second kappa shape index (κ2) is 7.92. The topological polar surface area (TPSA) is 83.6 Å². The highest BCUT2D eigenvalue weighted by atomic mass is 32.2. The van der Waals surface area contributed by atoms with Crippen LogP contribution in [0.25, 0.3) is 0 Å². The Morgan fingerprint density at radius 3 is 2.63 bits per heavy atom. The van der Waals surface area contributed by atoms with Crippen LogP contribution in [-0.4, -0.2) is 32.5 Å². The minimum absolute atomic E-state index is 0.0101. The van der Waals surface area contributed by atoms with Gasteiger partial charge in [0.05, 0.1) is 16.2 Å². The van der Waals surface area contributed by atoms with Crippen molar-refractivity contribution in [2.45, 2.75) is 31.1 Å². The summed E-state index contributed by atoms with van der Waals surface area (Å²) >= 11 is 0. The Labute approximate surface area is 159 Å². The van der Waals surface area contributed by atoms with E-state index >= 15 is 0 Å². The van der Waals surface area contributed by atoms with Crippen LogP contribution in [0.5, 0.6) is 0 Å². The van der Waals surface area contributed by atoms with Gasteiger partial charge in [0.1, 0.15) is 0 Å². The molecule has 0 bridgehead atoms. The first-order valence-corrected chi connectivity index (χ1v) is 10.6. The first-order valence-electron chi connectivity index (χ1n) is 8.96. The Morgan fingerprint density at radius 1 is 1.15 bits per heavy atom. The van der Waals surface area contributed by atoms with Gasteiger partial charge in [0.15, 0.2) is 9.84 Å². The number of carbonyl (C=O) groups is 2. The summed E-state index contributed by atoms with van der Waals surface area (Å²) in [7, 11) is -3.52. The molecule has 1 aliphatic heterocycles. The Hall–Kier alpha value is -2.67. The standard InChI is InChI=1S/C20H22N2O4S/c1-2-13-27(25,26)18-10-4-3-9-17(18)20(24)21-15-7-5-8-16(14-15)22-12-6-11-19(22)23/h3-5,7-10,14H,2,6,11-13H2,1H3,(H,21,24). The van der Waals surface area contributed by atoms with E-state index in [0.717, 1.165) is 12.1 Å². The lowest BCUT2D eigenvalue weighted by atomic mass is 10.2. The fourth-order valence-electron chi connectivity index (χ4n) is 3.18. The molecule has 2 amide bonds. The molecule has 1 aliphatic rings. The lowest BCUT2D eigenvalue weighted by Gasteiger charge is -2.17. The van der Waals surface area contributed by atoms with Gasteiger partial charge in [-0.25, -0.2) is 8.42 Å². The van der Waals surface area contributed by atoms with Gasteiger partial charge in [-0.2, -0.15) is 0 Å². The molecule has 6 nitrogen and oxygen atoms in total. The van der Waals surface area contributed by atoms with E-state index in [1.807, 2.05) is 6.07 Å². The molecule has 0 atom stereocenters. The predicted molar refractivity (Wildman–Crippen MR) is 105 cm³/mol. The summed E-state index contributed by atoms with van der Waals surface area (Å²) in [6.07, 6.45) is 1.82. The van der Waals surface area contributed by atoms with E-state index in [1.165, 1.54) is 12.1 Å². The molecule has 2 aromatic rings. The number of rotatable bonds is 6. The number of amides is 2. The number of nitrogens with one attached hydrogen (secondary N) is 1. The number of hydrogen-bond acceptors (Lipinski definition) is 4. The van der Waals surface area contributed by atoms with E-state index in [1.54, 1.807) is 42.2 Å². The van der Waals surface area contributed by atoms with E-state index < -0.39 is 15.7 Å². The highest BCUT2D eigenvalue weighted by molar-refractivity contribution is 7.91. The molecule has 3 rings (SSSR count). The first-order chi connectivity index (χ1) is 12.9. The predicted octanol–water partition coefficient (Wildman–Crippen LogP) is 3.25. The van der Waals surface area contributed by atoms with Crippen molar-refractivity contribution in [1.82, 2.24) is 0 Å². The number of sulfone groups is 1. The maximum Gasteiger partial charge on any atom is 0.256 e. The normalized spacial score (nSPS) is 14.4. The molecule has 1 heterocycles. The van der Waals surface area contributed by atoms with E-state index in [-0.39, 0.29) is 22.1 Å². The smallest absolute Gasteiger partial charge is 0.256 e. The summed E-state index contributed by atoms with van der Waals surface area (Å²) in [5.41, 5.74) is 1.36. The SMILES string of the molecule is CCCS(=O)(=O)c1ccccc1C(=O)Nc1cccc(N2CCCC2=O)c1. The van der Waals surface area contributed by atoms with Crippen molar-refractivity contribution in [1.29, 1.82) is 0 Å². The summed E-state index contributed by atoms with van der Waals surface area (Å²) < 4.78 is 24.9. The first kappa shape index (κ1) is 19.1. The molecule has 0 saturated carbocycles. The third kappa shape index (κ3) is 4.19. The molecule has 142 valence electrons. The molecule has 1 N–H and O–H groups in total. The quantitative estimate of drug-likeness (QED) is 0.826. The maximum absolute atomic E-state index is 12.7. The van der Waals surface area contributed by atoms with Crippen molar-refractivity contribution in [3.8, 4) is 0 Å². The number of nitrogens with zero attached hydrogens (tertiary/aromatic N) is 1. The van der Waals surface area contributed by atoms with Gasteiger partial charge in [-0.1, -0.05) is 25.1 Å². The van der Waals surface area contributed by atoms with Crippen LogP contribution < -0.4 is 10.2 Å². The van der Waals surface area contributed by atoms with Crippen LogP contribution in [0.1, 0.15) is 36.5 Å². The van der Waals surface area contributed by atoms with Crippen molar-refractivity contribution in [3.05, 3.63) is 54.1 Å². The highest BCUT2D eigenvalue weighted by Crippen LogP contribution is 2.25. The van der Waals surface area contributed by atoms with Gasteiger partial charge in [-0.15, -0.1) is 0 Å². The maximum atomic E-state index is 12.7. The van der Waals surface area contributed by atoms with E-state index in [0.29, 0.717) is 25.1 Å². The van der Waals surface area contributed by atoms with Crippen molar-refractivity contribution >= 4 is 33.0 Å². The summed E-state index contributed by atoms with van der Waals surface area (Å²) in [4.78, 5) is 26.4. The molecule has 7 heteroatoms. The fraction of sp³-hybridized carbons (Fsp3) is 0.300. The van der Waals surface area contributed by atoms with E-state index in [9.17, 15) is 18.0 Å². The van der Waals surface area contributed by atoms with Crippen LogP contribution in [0.15, 0.2) is 53.4 Å². The van der Waals surface area contributed by atoms with Crippen LogP contribution in [0, 0.1) is 0 Å². The zero-order valence-corrected chi connectivity index (χ0v) is 16.0. The molecule has 0 spiro atoms. The third-order valence-corrected chi connectivity index (χ3v) is 6.40. The molecule has 0 unspecified atom stereocenters. The molecule has 0 aliphatic carbocycles. The van der Waals surface area contributed by atoms with Crippen LogP contribution >= 0.6 is 0 Å². The molecule has 0 radical (unpaired) electrons. The van der Waals surface area contributed by atoms with Gasteiger partial charge >= 0.3 is 0 Å². The number of benzene rings is 2. The lowest BCUT2D eigenvalue weighted by Crippen LogP contribution is -2.24. The van der Waals surface area contributed by atoms with Crippen LogP contribution in [0.2, 0.25) is 0 Å². The highest BCUT2D eigenvalue weighted by Gasteiger charge is 2.23. The summed E-state index contributed by atoms with van der Waals surface area (Å²) in [6, 6.07) is 13.2. The van der Waals surface area contributed by atoms with Gasteiger partial charge in [-0.3, -0.25) is 9.59 Å². The average Bonchev–Trinajstić information content (AvgIpc) is 3.08. The van der Waals surface area contributed by atoms with Gasteiger partial charge in [0.25, 0.3) is 5.91 Å². The Bertz CT molecular complexity index is 969. The summed E-state index contributed by atoms with van der Waals surface area (Å²) in [6.45, 7) is 2.44. The van der Waals surface area contributed by atoms with Crippen molar-refractivity contribution in [3.63, 3.8) is 0 Å². The zero-order chi connectivity index (χ0) is 19.4. The van der Waals surface area contributed by atoms with Crippen molar-refractivity contribution in [2.24, 2.45) is 0 Å².